The van der Waals surface area contributed by atoms with Crippen molar-refractivity contribution in [3.63, 3.8) is 0 Å². The second-order valence-corrected chi connectivity index (χ2v) is 3.85. The Morgan fingerprint density at radius 3 is 2.78 bits per heavy atom. The lowest BCUT2D eigenvalue weighted by Crippen LogP contribution is -2.02. The molecule has 0 unspecified atom stereocenters. The van der Waals surface area contributed by atoms with Gasteiger partial charge in [0.1, 0.15) is 5.75 Å². The van der Waals surface area contributed by atoms with Crippen molar-refractivity contribution in [2.24, 2.45) is 0 Å². The van der Waals surface area contributed by atoms with Crippen molar-refractivity contribution in [2.75, 3.05) is 0 Å². The van der Waals surface area contributed by atoms with Gasteiger partial charge in [0.15, 0.2) is 5.69 Å². The van der Waals surface area contributed by atoms with Gasteiger partial charge in [-0.1, -0.05) is 12.1 Å². The van der Waals surface area contributed by atoms with Crippen molar-refractivity contribution in [3.8, 4) is 11.6 Å². The normalized spacial score (nSPS) is 10.1. The summed E-state index contributed by atoms with van der Waals surface area (Å²) in [5, 5.41) is 8.82. The van der Waals surface area contributed by atoms with Gasteiger partial charge in [-0.3, -0.25) is 4.98 Å². The lowest BCUT2D eigenvalue weighted by molar-refractivity contribution is 0.0689. The largest absolute Gasteiger partial charge is 0.476 e. The number of hydrogen-bond acceptors (Lipinski definition) is 4. The number of aryl methyl sites for hydroxylation is 1. The average molecular weight is 244 g/mol. The van der Waals surface area contributed by atoms with E-state index in [4.69, 9.17) is 9.84 Å². The van der Waals surface area contributed by atoms with Crippen LogP contribution in [0.5, 0.6) is 11.6 Å². The zero-order chi connectivity index (χ0) is 13.1. The van der Waals surface area contributed by atoms with E-state index in [0.29, 0.717) is 5.75 Å². The summed E-state index contributed by atoms with van der Waals surface area (Å²) in [4.78, 5) is 18.4. The minimum absolute atomic E-state index is 0.141. The summed E-state index contributed by atoms with van der Waals surface area (Å²) in [5.74, 6) is -0.315. The van der Waals surface area contributed by atoms with Gasteiger partial charge in [-0.25, -0.2) is 9.78 Å². The van der Waals surface area contributed by atoms with E-state index in [1.807, 2.05) is 26.0 Å². The molecule has 0 spiro atoms. The van der Waals surface area contributed by atoms with Crippen LogP contribution in [0.4, 0.5) is 0 Å². The Kier molecular flexibility index (Phi) is 3.23. The number of carbonyl (C=O) groups is 1. The molecule has 0 aliphatic rings. The van der Waals surface area contributed by atoms with Crippen LogP contribution in [0.25, 0.3) is 0 Å². The number of carboxylic acids is 1. The summed E-state index contributed by atoms with van der Waals surface area (Å²) in [6, 6.07) is 5.64. The standard InChI is InChI=1S/C13H12N2O3/c1-8-4-3-5-11(9(8)2)18-12-7-14-6-10(15-12)13(16)17/h3-7H,1-2H3,(H,16,17). The number of carboxylic acid groups (broad SMARTS) is 1. The summed E-state index contributed by atoms with van der Waals surface area (Å²) < 4.78 is 5.54. The van der Waals surface area contributed by atoms with E-state index in [2.05, 4.69) is 9.97 Å². The molecule has 0 atom stereocenters. The molecule has 0 aliphatic heterocycles. The van der Waals surface area contributed by atoms with Crippen LogP contribution in [-0.2, 0) is 0 Å². The third-order valence-electron chi connectivity index (χ3n) is 2.60. The molecule has 2 rings (SSSR count). The number of aromatic carboxylic acids is 1. The molecule has 0 saturated heterocycles. The molecule has 5 nitrogen and oxygen atoms in total. The maximum Gasteiger partial charge on any atom is 0.356 e. The van der Waals surface area contributed by atoms with Crippen molar-refractivity contribution in [2.45, 2.75) is 13.8 Å². The summed E-state index contributed by atoms with van der Waals surface area (Å²) in [6.07, 6.45) is 2.56. The molecular weight excluding hydrogens is 232 g/mol. The van der Waals surface area contributed by atoms with Crippen molar-refractivity contribution < 1.29 is 14.6 Å². The fourth-order valence-corrected chi connectivity index (χ4v) is 1.45. The van der Waals surface area contributed by atoms with E-state index in [-0.39, 0.29) is 11.6 Å². The van der Waals surface area contributed by atoms with E-state index in [1.54, 1.807) is 6.07 Å². The van der Waals surface area contributed by atoms with Gasteiger partial charge in [0, 0.05) is 0 Å². The molecule has 1 aromatic heterocycles. The van der Waals surface area contributed by atoms with Gasteiger partial charge < -0.3 is 9.84 Å². The molecule has 1 aromatic carbocycles. The highest BCUT2D eigenvalue weighted by Gasteiger charge is 2.09. The van der Waals surface area contributed by atoms with Crippen molar-refractivity contribution in [3.05, 3.63) is 47.4 Å². The highest BCUT2D eigenvalue weighted by atomic mass is 16.5. The molecule has 92 valence electrons. The lowest BCUT2D eigenvalue weighted by atomic mass is 10.1. The predicted molar refractivity (Wildman–Crippen MR) is 65.0 cm³/mol. The van der Waals surface area contributed by atoms with Gasteiger partial charge in [-0.15, -0.1) is 0 Å². The Bertz CT molecular complexity index is 597. The third kappa shape index (κ3) is 2.45. The fraction of sp³-hybridized carbons (Fsp3) is 0.154. The Morgan fingerprint density at radius 2 is 2.06 bits per heavy atom. The van der Waals surface area contributed by atoms with E-state index >= 15 is 0 Å². The molecule has 1 heterocycles. The predicted octanol–water partition coefficient (Wildman–Crippen LogP) is 2.58. The summed E-state index contributed by atoms with van der Waals surface area (Å²) in [7, 11) is 0. The van der Waals surface area contributed by atoms with Crippen LogP contribution >= 0.6 is 0 Å². The van der Waals surface area contributed by atoms with Gasteiger partial charge in [-0.2, -0.15) is 0 Å². The quantitative estimate of drug-likeness (QED) is 0.898. The maximum atomic E-state index is 10.8. The Hall–Kier alpha value is -2.43. The van der Waals surface area contributed by atoms with Crippen LogP contribution in [0.3, 0.4) is 0 Å². The number of ether oxygens (including phenoxy) is 1. The average Bonchev–Trinajstić information content (AvgIpc) is 2.35. The highest BCUT2D eigenvalue weighted by Crippen LogP contribution is 2.25. The fourth-order valence-electron chi connectivity index (χ4n) is 1.45. The number of nitrogens with zero attached hydrogens (tertiary/aromatic N) is 2. The number of hydrogen-bond donors (Lipinski definition) is 1. The monoisotopic (exact) mass is 244 g/mol. The minimum atomic E-state index is -1.13. The third-order valence-corrected chi connectivity index (χ3v) is 2.60. The zero-order valence-electron chi connectivity index (χ0n) is 10.0. The Labute approximate surface area is 104 Å². The number of aromatic nitrogens is 2. The van der Waals surface area contributed by atoms with Gasteiger partial charge in [0.2, 0.25) is 5.88 Å². The summed E-state index contributed by atoms with van der Waals surface area (Å²) in [6.45, 7) is 3.90. The van der Waals surface area contributed by atoms with E-state index in [9.17, 15) is 4.79 Å². The van der Waals surface area contributed by atoms with Crippen LogP contribution in [-0.4, -0.2) is 21.0 Å². The maximum absolute atomic E-state index is 10.8. The van der Waals surface area contributed by atoms with Crippen molar-refractivity contribution in [1.29, 1.82) is 0 Å². The SMILES string of the molecule is Cc1cccc(Oc2cncc(C(=O)O)n2)c1C. The zero-order valence-corrected chi connectivity index (χ0v) is 10.0. The van der Waals surface area contributed by atoms with E-state index in [1.165, 1.54) is 12.4 Å². The number of benzene rings is 1. The van der Waals surface area contributed by atoms with Crippen LogP contribution in [0.2, 0.25) is 0 Å². The van der Waals surface area contributed by atoms with Gasteiger partial charge in [0.25, 0.3) is 0 Å². The van der Waals surface area contributed by atoms with Gasteiger partial charge in [-0.05, 0) is 31.0 Å². The second kappa shape index (κ2) is 4.83. The second-order valence-electron chi connectivity index (χ2n) is 3.85. The van der Waals surface area contributed by atoms with Crippen molar-refractivity contribution >= 4 is 5.97 Å². The van der Waals surface area contributed by atoms with Crippen LogP contribution in [0.15, 0.2) is 30.6 Å². The molecule has 0 fully saturated rings. The molecule has 0 radical (unpaired) electrons. The summed E-state index contributed by atoms with van der Waals surface area (Å²) >= 11 is 0. The molecule has 0 aliphatic carbocycles. The molecule has 2 aromatic rings. The first-order chi connectivity index (χ1) is 8.58. The van der Waals surface area contributed by atoms with Crippen LogP contribution < -0.4 is 4.74 Å². The van der Waals surface area contributed by atoms with Gasteiger partial charge >= 0.3 is 5.97 Å². The first-order valence-electron chi connectivity index (χ1n) is 5.37. The molecule has 0 amide bonds. The van der Waals surface area contributed by atoms with Gasteiger partial charge in [0.05, 0.1) is 12.4 Å². The van der Waals surface area contributed by atoms with Crippen molar-refractivity contribution in [1.82, 2.24) is 9.97 Å². The van der Waals surface area contributed by atoms with E-state index < -0.39 is 5.97 Å². The highest BCUT2D eigenvalue weighted by molar-refractivity contribution is 5.84. The first-order valence-corrected chi connectivity index (χ1v) is 5.37. The Morgan fingerprint density at radius 1 is 1.28 bits per heavy atom. The molecule has 0 saturated carbocycles. The van der Waals surface area contributed by atoms with Crippen LogP contribution in [0, 0.1) is 13.8 Å². The topological polar surface area (TPSA) is 72.3 Å². The Balaban J connectivity index is 2.31. The molecule has 5 heteroatoms. The first kappa shape index (κ1) is 12.0. The number of rotatable bonds is 3. The van der Waals surface area contributed by atoms with Crippen LogP contribution in [0.1, 0.15) is 21.6 Å². The van der Waals surface area contributed by atoms with E-state index in [0.717, 1.165) is 11.1 Å². The lowest BCUT2D eigenvalue weighted by Gasteiger charge is -2.09. The minimum Gasteiger partial charge on any atom is -0.476 e. The smallest absolute Gasteiger partial charge is 0.356 e. The summed E-state index contributed by atoms with van der Waals surface area (Å²) in [5.41, 5.74) is 1.94. The molecular formula is C13H12N2O3. The molecule has 0 bridgehead atoms. The molecule has 18 heavy (non-hydrogen) atoms. The molecule has 1 N–H and O–H groups in total.